The first-order valence-corrected chi connectivity index (χ1v) is 7.90. The van der Waals surface area contributed by atoms with Crippen LogP contribution in [0.1, 0.15) is 43.0 Å². The van der Waals surface area contributed by atoms with E-state index in [0.29, 0.717) is 25.1 Å². The van der Waals surface area contributed by atoms with E-state index in [1.807, 2.05) is 0 Å². The van der Waals surface area contributed by atoms with Crippen molar-refractivity contribution in [3.63, 3.8) is 0 Å². The number of amides is 1. The minimum atomic E-state index is -0.894. The highest BCUT2D eigenvalue weighted by molar-refractivity contribution is 5.98. The second-order valence-corrected chi connectivity index (χ2v) is 6.15. The molecule has 1 fully saturated rings. The zero-order valence-electron chi connectivity index (χ0n) is 13.6. The molecule has 0 radical (unpaired) electrons. The molecule has 134 valence electrons. The normalized spacial score (nSPS) is 20.4. The van der Waals surface area contributed by atoms with E-state index in [2.05, 4.69) is 6.92 Å². The molecule has 2 N–H and O–H groups in total. The summed E-state index contributed by atoms with van der Waals surface area (Å²) in [6.07, 6.45) is 1.71. The Kier molecular flexibility index (Phi) is 7.76. The first-order valence-electron chi connectivity index (χ1n) is 7.90. The summed E-state index contributed by atoms with van der Waals surface area (Å²) in [5, 5.41) is 0. The van der Waals surface area contributed by atoms with Gasteiger partial charge in [0.2, 0.25) is 5.91 Å². The summed E-state index contributed by atoms with van der Waals surface area (Å²) >= 11 is 0. The first kappa shape index (κ1) is 20.5. The maximum absolute atomic E-state index is 13.6. The third-order valence-electron chi connectivity index (χ3n) is 4.37. The van der Waals surface area contributed by atoms with Crippen LogP contribution in [-0.4, -0.2) is 35.7 Å². The standard InChI is InChI=1S/C17H22F2N2O2.ClH/c1-11-6-7-21(13(8-11)10-20)17(23)5-4-16(22)14-3-2-12(18)9-15(14)19;/h2-3,9,11,13H,4-8,10,20H2,1H3;1H. The van der Waals surface area contributed by atoms with Crippen molar-refractivity contribution in [3.8, 4) is 0 Å². The van der Waals surface area contributed by atoms with Crippen molar-refractivity contribution in [2.24, 2.45) is 11.7 Å². The van der Waals surface area contributed by atoms with E-state index in [0.717, 1.165) is 25.0 Å². The van der Waals surface area contributed by atoms with Crippen LogP contribution in [0.5, 0.6) is 0 Å². The Bertz CT molecular complexity index is 598. The fourth-order valence-corrected chi connectivity index (χ4v) is 3.02. The van der Waals surface area contributed by atoms with Gasteiger partial charge in [-0.05, 0) is 30.9 Å². The van der Waals surface area contributed by atoms with Gasteiger partial charge in [0.25, 0.3) is 0 Å². The first-order chi connectivity index (χ1) is 10.9. The monoisotopic (exact) mass is 360 g/mol. The summed E-state index contributed by atoms with van der Waals surface area (Å²) in [5.74, 6) is -1.73. The quantitative estimate of drug-likeness (QED) is 0.821. The number of benzene rings is 1. The topological polar surface area (TPSA) is 63.4 Å². The third kappa shape index (κ3) is 4.98. The summed E-state index contributed by atoms with van der Waals surface area (Å²) in [6.45, 7) is 3.17. The van der Waals surface area contributed by atoms with Crippen molar-refractivity contribution in [2.45, 2.75) is 38.6 Å². The summed E-state index contributed by atoms with van der Waals surface area (Å²) in [5.41, 5.74) is 5.55. The average Bonchev–Trinajstić information content (AvgIpc) is 2.52. The minimum Gasteiger partial charge on any atom is -0.338 e. The fraction of sp³-hybridized carbons (Fsp3) is 0.529. The van der Waals surface area contributed by atoms with Gasteiger partial charge in [0, 0.05) is 38.0 Å². The van der Waals surface area contributed by atoms with E-state index >= 15 is 0 Å². The number of carbonyl (C=O) groups is 2. The molecule has 0 spiro atoms. The number of ketones is 1. The highest BCUT2D eigenvalue weighted by Crippen LogP contribution is 2.23. The number of likely N-dealkylation sites (tertiary alicyclic amines) is 1. The van der Waals surface area contributed by atoms with Gasteiger partial charge in [-0.25, -0.2) is 8.78 Å². The molecular formula is C17H23ClF2N2O2. The van der Waals surface area contributed by atoms with Crippen molar-refractivity contribution < 1.29 is 18.4 Å². The van der Waals surface area contributed by atoms with Crippen LogP contribution in [0.3, 0.4) is 0 Å². The number of halogens is 3. The number of Topliss-reactive ketones (excluding diaryl/α,β-unsaturated/α-hetero) is 1. The maximum Gasteiger partial charge on any atom is 0.223 e. The fourth-order valence-electron chi connectivity index (χ4n) is 3.02. The van der Waals surface area contributed by atoms with E-state index in [1.54, 1.807) is 4.90 Å². The minimum absolute atomic E-state index is 0. The van der Waals surface area contributed by atoms with Crippen molar-refractivity contribution in [2.75, 3.05) is 13.1 Å². The van der Waals surface area contributed by atoms with Gasteiger partial charge < -0.3 is 10.6 Å². The van der Waals surface area contributed by atoms with E-state index in [4.69, 9.17) is 5.73 Å². The van der Waals surface area contributed by atoms with E-state index in [1.165, 1.54) is 0 Å². The zero-order valence-corrected chi connectivity index (χ0v) is 14.5. The molecule has 1 aliphatic rings. The summed E-state index contributed by atoms with van der Waals surface area (Å²) < 4.78 is 26.4. The molecule has 0 aliphatic carbocycles. The highest BCUT2D eigenvalue weighted by atomic mass is 35.5. The lowest BCUT2D eigenvalue weighted by molar-refractivity contribution is -0.135. The molecule has 1 aromatic rings. The van der Waals surface area contributed by atoms with Gasteiger partial charge in [-0.15, -0.1) is 12.4 Å². The van der Waals surface area contributed by atoms with Crippen molar-refractivity contribution >= 4 is 24.1 Å². The van der Waals surface area contributed by atoms with E-state index in [9.17, 15) is 18.4 Å². The van der Waals surface area contributed by atoms with Gasteiger partial charge >= 0.3 is 0 Å². The van der Waals surface area contributed by atoms with Gasteiger partial charge in [0.15, 0.2) is 5.78 Å². The van der Waals surface area contributed by atoms with Crippen LogP contribution in [0.2, 0.25) is 0 Å². The van der Waals surface area contributed by atoms with Crippen LogP contribution in [0.4, 0.5) is 8.78 Å². The predicted octanol–water partition coefficient (Wildman–Crippen LogP) is 2.94. The maximum atomic E-state index is 13.6. The molecule has 0 aromatic heterocycles. The van der Waals surface area contributed by atoms with Crippen molar-refractivity contribution in [1.29, 1.82) is 0 Å². The molecule has 2 atom stereocenters. The smallest absolute Gasteiger partial charge is 0.223 e. The molecule has 1 aromatic carbocycles. The van der Waals surface area contributed by atoms with Crippen LogP contribution in [0.15, 0.2) is 18.2 Å². The number of piperidine rings is 1. The number of rotatable bonds is 5. The van der Waals surface area contributed by atoms with Crippen LogP contribution in [0.25, 0.3) is 0 Å². The number of carbonyl (C=O) groups excluding carboxylic acids is 2. The van der Waals surface area contributed by atoms with Gasteiger partial charge in [-0.2, -0.15) is 0 Å². The molecule has 1 heterocycles. The molecule has 1 saturated heterocycles. The Morgan fingerprint density at radius 3 is 2.62 bits per heavy atom. The molecule has 1 amide bonds. The van der Waals surface area contributed by atoms with E-state index in [-0.39, 0.29) is 42.8 Å². The van der Waals surface area contributed by atoms with Crippen LogP contribution < -0.4 is 5.73 Å². The lowest BCUT2D eigenvalue weighted by atomic mass is 9.92. The zero-order chi connectivity index (χ0) is 17.0. The number of nitrogens with two attached hydrogens (primary N) is 1. The summed E-state index contributed by atoms with van der Waals surface area (Å²) in [6, 6.07) is 2.83. The summed E-state index contributed by atoms with van der Waals surface area (Å²) in [4.78, 5) is 26.1. The second kappa shape index (κ2) is 9.08. The lowest BCUT2D eigenvalue weighted by Gasteiger charge is -2.38. The molecule has 0 bridgehead atoms. The van der Waals surface area contributed by atoms with Crippen LogP contribution in [-0.2, 0) is 4.79 Å². The van der Waals surface area contributed by atoms with Gasteiger partial charge in [-0.1, -0.05) is 6.92 Å². The third-order valence-corrected chi connectivity index (χ3v) is 4.37. The predicted molar refractivity (Wildman–Crippen MR) is 90.1 cm³/mol. The molecule has 7 heteroatoms. The molecule has 1 aliphatic heterocycles. The van der Waals surface area contributed by atoms with Gasteiger partial charge in [-0.3, -0.25) is 9.59 Å². The molecule has 24 heavy (non-hydrogen) atoms. The summed E-state index contributed by atoms with van der Waals surface area (Å²) in [7, 11) is 0. The SMILES string of the molecule is CC1CCN(C(=O)CCC(=O)c2ccc(F)cc2F)C(CN)C1.Cl. The lowest BCUT2D eigenvalue weighted by Crippen LogP contribution is -2.49. The molecular weight excluding hydrogens is 338 g/mol. The number of nitrogens with zero attached hydrogens (tertiary/aromatic N) is 1. The molecule has 2 unspecified atom stereocenters. The molecule has 4 nitrogen and oxygen atoms in total. The molecule has 0 saturated carbocycles. The Morgan fingerprint density at radius 1 is 1.29 bits per heavy atom. The van der Waals surface area contributed by atoms with Gasteiger partial charge in [0.1, 0.15) is 11.6 Å². The Hall–Kier alpha value is -1.53. The molecule has 2 rings (SSSR count). The average molecular weight is 361 g/mol. The van der Waals surface area contributed by atoms with Crippen molar-refractivity contribution in [3.05, 3.63) is 35.4 Å². The Labute approximate surface area is 146 Å². The van der Waals surface area contributed by atoms with Crippen LogP contribution >= 0.6 is 12.4 Å². The number of hydrogen-bond donors (Lipinski definition) is 1. The Balaban J connectivity index is 0.00000288. The largest absolute Gasteiger partial charge is 0.338 e. The van der Waals surface area contributed by atoms with Crippen molar-refractivity contribution in [1.82, 2.24) is 4.90 Å². The van der Waals surface area contributed by atoms with Gasteiger partial charge in [0.05, 0.1) is 5.56 Å². The Morgan fingerprint density at radius 2 is 2.00 bits per heavy atom. The van der Waals surface area contributed by atoms with Crippen LogP contribution in [0, 0.1) is 17.6 Å². The second-order valence-electron chi connectivity index (χ2n) is 6.15. The van der Waals surface area contributed by atoms with E-state index < -0.39 is 17.4 Å². The number of hydrogen-bond acceptors (Lipinski definition) is 3. The highest BCUT2D eigenvalue weighted by Gasteiger charge is 2.29.